The summed E-state index contributed by atoms with van der Waals surface area (Å²) in [6, 6.07) is 6.18. The molecule has 3 rings (SSSR count). The Kier molecular flexibility index (Phi) is 9.08. The minimum Gasteiger partial charge on any atom is -0.376 e. The Bertz CT molecular complexity index is 964. The van der Waals surface area contributed by atoms with Crippen LogP contribution in [0, 0.1) is 13.8 Å². The maximum absolute atomic E-state index is 12.9. The molecule has 1 fully saturated rings. The van der Waals surface area contributed by atoms with Crippen molar-refractivity contribution in [3.8, 4) is 0 Å². The summed E-state index contributed by atoms with van der Waals surface area (Å²) >= 11 is 5.76. The van der Waals surface area contributed by atoms with Gasteiger partial charge in [0, 0.05) is 30.6 Å². The molecule has 0 unspecified atom stereocenters. The normalized spacial score (nSPS) is 16.1. The highest BCUT2D eigenvalue weighted by Crippen LogP contribution is 2.21. The van der Waals surface area contributed by atoms with Crippen LogP contribution in [0.1, 0.15) is 49.8 Å². The standard InChI is InChI=1S/C25H38N4O2S/c1-5-28(6-2)13-8-12-26-25(32)29(17-21-9-7-14-31-21)16-20-15-22-18(3)10-11-19(4)23(22)27-24(20)30/h10-11,15,21H,5-9,12-14,16-17H2,1-4H3,(H,26,32)(H,27,30)/t21-/m1/s1. The molecule has 1 aliphatic rings. The second-order valence-corrected chi connectivity index (χ2v) is 9.13. The van der Waals surface area contributed by atoms with Crippen LogP contribution in [0.5, 0.6) is 0 Å². The Morgan fingerprint density at radius 3 is 2.69 bits per heavy atom. The smallest absolute Gasteiger partial charge is 0.253 e. The van der Waals surface area contributed by atoms with Crippen molar-refractivity contribution in [1.29, 1.82) is 0 Å². The van der Waals surface area contributed by atoms with Crippen LogP contribution in [0.25, 0.3) is 10.9 Å². The van der Waals surface area contributed by atoms with E-state index in [0.29, 0.717) is 18.2 Å². The van der Waals surface area contributed by atoms with Gasteiger partial charge in [0.15, 0.2) is 5.11 Å². The van der Waals surface area contributed by atoms with Gasteiger partial charge in [-0.25, -0.2) is 0 Å². The molecule has 0 aliphatic carbocycles. The summed E-state index contributed by atoms with van der Waals surface area (Å²) in [5, 5.41) is 5.21. The fourth-order valence-electron chi connectivity index (χ4n) is 4.34. The summed E-state index contributed by atoms with van der Waals surface area (Å²) in [7, 11) is 0. The lowest BCUT2D eigenvalue weighted by molar-refractivity contribution is 0.0896. The van der Waals surface area contributed by atoms with Gasteiger partial charge in [0.2, 0.25) is 0 Å². The zero-order chi connectivity index (χ0) is 23.1. The van der Waals surface area contributed by atoms with Crippen LogP contribution >= 0.6 is 12.2 Å². The predicted octanol–water partition coefficient (Wildman–Crippen LogP) is 3.73. The highest BCUT2D eigenvalue weighted by atomic mass is 32.1. The van der Waals surface area contributed by atoms with Crippen LogP contribution < -0.4 is 10.9 Å². The monoisotopic (exact) mass is 458 g/mol. The van der Waals surface area contributed by atoms with E-state index >= 15 is 0 Å². The number of H-pyrrole nitrogens is 1. The number of nitrogens with zero attached hydrogens (tertiary/aromatic N) is 2. The first-order chi connectivity index (χ1) is 15.4. The first-order valence-electron chi connectivity index (χ1n) is 11.9. The van der Waals surface area contributed by atoms with E-state index < -0.39 is 0 Å². The van der Waals surface area contributed by atoms with E-state index in [1.807, 2.05) is 19.1 Å². The number of thiocarbonyl (C=S) groups is 1. The summed E-state index contributed by atoms with van der Waals surface area (Å²) in [6.07, 6.45) is 3.31. The first-order valence-corrected chi connectivity index (χ1v) is 12.3. The molecule has 0 radical (unpaired) electrons. The molecule has 1 aromatic heterocycles. The van der Waals surface area contributed by atoms with Crippen molar-refractivity contribution in [1.82, 2.24) is 20.1 Å². The molecular formula is C25H38N4O2S. The number of pyridine rings is 1. The molecular weight excluding hydrogens is 420 g/mol. The average Bonchev–Trinajstić information content (AvgIpc) is 3.30. The van der Waals surface area contributed by atoms with Crippen molar-refractivity contribution in [2.45, 2.75) is 59.6 Å². The second-order valence-electron chi connectivity index (χ2n) is 8.74. The molecule has 0 bridgehead atoms. The van der Waals surface area contributed by atoms with E-state index in [2.05, 4.69) is 46.9 Å². The molecule has 1 saturated heterocycles. The Morgan fingerprint density at radius 1 is 1.25 bits per heavy atom. The number of aromatic nitrogens is 1. The number of rotatable bonds is 10. The number of nitrogens with one attached hydrogen (secondary N) is 2. The molecule has 2 aromatic rings. The zero-order valence-electron chi connectivity index (χ0n) is 20.0. The Labute approximate surface area is 197 Å². The van der Waals surface area contributed by atoms with Gasteiger partial charge in [0.05, 0.1) is 18.2 Å². The van der Waals surface area contributed by atoms with Gasteiger partial charge in [-0.3, -0.25) is 4.79 Å². The van der Waals surface area contributed by atoms with Gasteiger partial charge in [-0.15, -0.1) is 0 Å². The third kappa shape index (κ3) is 6.30. The van der Waals surface area contributed by atoms with Gasteiger partial charge >= 0.3 is 0 Å². The maximum Gasteiger partial charge on any atom is 0.253 e. The summed E-state index contributed by atoms with van der Waals surface area (Å²) in [6.45, 7) is 14.5. The van der Waals surface area contributed by atoms with E-state index in [4.69, 9.17) is 17.0 Å². The van der Waals surface area contributed by atoms with Crippen LogP contribution in [0.2, 0.25) is 0 Å². The van der Waals surface area contributed by atoms with Crippen molar-refractivity contribution in [2.24, 2.45) is 0 Å². The van der Waals surface area contributed by atoms with Crippen LogP contribution in [-0.4, -0.2) is 65.3 Å². The fourth-order valence-corrected chi connectivity index (χ4v) is 4.59. The molecule has 176 valence electrons. The Morgan fingerprint density at radius 2 is 2.00 bits per heavy atom. The summed E-state index contributed by atoms with van der Waals surface area (Å²) in [5.41, 5.74) is 3.84. The third-order valence-electron chi connectivity index (χ3n) is 6.44. The number of fused-ring (bicyclic) bond motifs is 1. The van der Waals surface area contributed by atoms with Crippen LogP contribution in [-0.2, 0) is 11.3 Å². The van der Waals surface area contributed by atoms with Crippen LogP contribution in [0.3, 0.4) is 0 Å². The van der Waals surface area contributed by atoms with Gasteiger partial charge in [-0.05, 0) is 82.2 Å². The van der Waals surface area contributed by atoms with E-state index in [9.17, 15) is 4.79 Å². The molecule has 6 nitrogen and oxygen atoms in total. The average molecular weight is 459 g/mol. The molecule has 2 N–H and O–H groups in total. The summed E-state index contributed by atoms with van der Waals surface area (Å²) in [4.78, 5) is 20.5. The van der Waals surface area contributed by atoms with Crippen molar-refractivity contribution >= 4 is 28.2 Å². The topological polar surface area (TPSA) is 60.6 Å². The zero-order valence-corrected chi connectivity index (χ0v) is 20.8. The molecule has 0 amide bonds. The van der Waals surface area contributed by atoms with Gasteiger partial charge < -0.3 is 24.8 Å². The van der Waals surface area contributed by atoms with Gasteiger partial charge in [0.25, 0.3) is 5.56 Å². The van der Waals surface area contributed by atoms with Crippen molar-refractivity contribution in [3.05, 3.63) is 45.2 Å². The summed E-state index contributed by atoms with van der Waals surface area (Å²) in [5.74, 6) is 0. The maximum atomic E-state index is 12.9. The number of aryl methyl sites for hydroxylation is 2. The number of aromatic amines is 1. The van der Waals surface area contributed by atoms with Crippen molar-refractivity contribution < 1.29 is 4.74 Å². The third-order valence-corrected chi connectivity index (χ3v) is 6.84. The molecule has 7 heteroatoms. The number of benzene rings is 1. The van der Waals surface area contributed by atoms with Gasteiger partial charge in [0.1, 0.15) is 0 Å². The predicted molar refractivity (Wildman–Crippen MR) is 136 cm³/mol. The SMILES string of the molecule is CCN(CC)CCCNC(=S)N(Cc1cc2c(C)ccc(C)c2[nH]c1=O)C[C@H]1CCCO1. The number of hydrogen-bond donors (Lipinski definition) is 2. The number of ether oxygens (including phenoxy) is 1. The minimum absolute atomic E-state index is 0.0483. The molecule has 1 aromatic carbocycles. The lowest BCUT2D eigenvalue weighted by atomic mass is 10.0. The van der Waals surface area contributed by atoms with E-state index in [1.165, 1.54) is 0 Å². The van der Waals surface area contributed by atoms with Crippen molar-refractivity contribution in [3.63, 3.8) is 0 Å². The quantitative estimate of drug-likeness (QED) is 0.418. The van der Waals surface area contributed by atoms with E-state index in [1.54, 1.807) is 0 Å². The summed E-state index contributed by atoms with van der Waals surface area (Å²) < 4.78 is 5.87. The Hall–Kier alpha value is -1.96. The van der Waals surface area contributed by atoms with Gasteiger partial charge in [-0.1, -0.05) is 26.0 Å². The van der Waals surface area contributed by atoms with Crippen molar-refractivity contribution in [2.75, 3.05) is 39.3 Å². The lowest BCUT2D eigenvalue weighted by Crippen LogP contribution is -2.44. The second kappa shape index (κ2) is 11.8. The van der Waals surface area contributed by atoms with Crippen LogP contribution in [0.4, 0.5) is 0 Å². The highest BCUT2D eigenvalue weighted by Gasteiger charge is 2.22. The number of hydrogen-bond acceptors (Lipinski definition) is 4. The van der Waals surface area contributed by atoms with E-state index in [0.717, 1.165) is 79.6 Å². The fraction of sp³-hybridized carbons (Fsp3) is 0.600. The van der Waals surface area contributed by atoms with E-state index in [-0.39, 0.29) is 11.7 Å². The lowest BCUT2D eigenvalue weighted by Gasteiger charge is -2.28. The molecule has 32 heavy (non-hydrogen) atoms. The minimum atomic E-state index is -0.0483. The largest absolute Gasteiger partial charge is 0.376 e. The van der Waals surface area contributed by atoms with Crippen LogP contribution in [0.15, 0.2) is 23.0 Å². The molecule has 0 spiro atoms. The molecule has 1 atom stereocenters. The first kappa shape index (κ1) is 24.7. The molecule has 2 heterocycles. The molecule has 0 saturated carbocycles. The molecule has 1 aliphatic heterocycles. The highest BCUT2D eigenvalue weighted by molar-refractivity contribution is 7.80. The Balaban J connectivity index is 1.74. The van der Waals surface area contributed by atoms with Gasteiger partial charge in [-0.2, -0.15) is 0 Å².